The van der Waals surface area contributed by atoms with E-state index in [1.807, 2.05) is 0 Å². The fraction of sp³-hybridized carbons (Fsp3) is 0.867. The zero-order valence-corrected chi connectivity index (χ0v) is 13.6. The van der Waals surface area contributed by atoms with Gasteiger partial charge < -0.3 is 50.0 Å². The Morgan fingerprint density at radius 2 is 1.76 bits per heavy atom. The van der Waals surface area contributed by atoms with E-state index in [1.54, 1.807) is 0 Å². The van der Waals surface area contributed by atoms with E-state index >= 15 is 0 Å². The predicted octanol–water partition coefficient (Wildman–Crippen LogP) is -3.77. The van der Waals surface area contributed by atoms with Gasteiger partial charge in [0.05, 0.1) is 19.8 Å². The summed E-state index contributed by atoms with van der Waals surface area (Å²) in [5.74, 6) is 0. The second-order valence-corrected chi connectivity index (χ2v) is 6.35. The Balaban J connectivity index is 2.12. The fourth-order valence-corrected chi connectivity index (χ4v) is 3.10. The van der Waals surface area contributed by atoms with E-state index in [9.17, 15) is 35.7 Å². The van der Waals surface area contributed by atoms with Gasteiger partial charge in [-0.2, -0.15) is 0 Å². The SMILES string of the molecule is C=C[C@@H]1OC(CO)[C@@H](O[C@H]2OC(CO)C(O)(CO)CC2O)C(O)C1O. The number of ether oxygens (including phenoxy) is 3. The van der Waals surface area contributed by atoms with Gasteiger partial charge in [-0.15, -0.1) is 6.58 Å². The molecule has 6 unspecified atom stereocenters. The van der Waals surface area contributed by atoms with E-state index in [1.165, 1.54) is 6.08 Å². The van der Waals surface area contributed by atoms with Crippen LogP contribution in [0, 0.1) is 0 Å². The van der Waals surface area contributed by atoms with E-state index in [4.69, 9.17) is 14.2 Å². The molecule has 0 aromatic rings. The standard InChI is InChI=1S/C15H26O10/c1-2-8-11(20)12(21)13(9(4-16)23-8)25-14-7(19)3-15(22,6-18)10(5-17)24-14/h2,7-14,16-22H,1,3-6H2/t7?,8-,9?,10?,11?,12?,13+,14+,15?/m0/s1. The lowest BCUT2D eigenvalue weighted by Crippen LogP contribution is -2.64. The Hall–Kier alpha value is -0.660. The van der Waals surface area contributed by atoms with Gasteiger partial charge in [-0.25, -0.2) is 0 Å². The Morgan fingerprint density at radius 3 is 2.28 bits per heavy atom. The molecule has 7 N–H and O–H groups in total. The molecule has 0 amide bonds. The highest BCUT2D eigenvalue weighted by Crippen LogP contribution is 2.32. The highest BCUT2D eigenvalue weighted by atomic mass is 16.7. The van der Waals surface area contributed by atoms with Crippen LogP contribution in [0.3, 0.4) is 0 Å². The number of aliphatic hydroxyl groups excluding tert-OH is 6. The molecular formula is C15H26O10. The number of aliphatic hydroxyl groups is 7. The van der Waals surface area contributed by atoms with Crippen LogP contribution >= 0.6 is 0 Å². The molecule has 9 atom stereocenters. The van der Waals surface area contributed by atoms with Crippen LogP contribution in [-0.2, 0) is 14.2 Å². The Bertz CT molecular complexity index is 446. The van der Waals surface area contributed by atoms with Crippen LogP contribution in [0.4, 0.5) is 0 Å². The summed E-state index contributed by atoms with van der Waals surface area (Å²) in [6.45, 7) is 1.56. The third kappa shape index (κ3) is 4.03. The zero-order valence-electron chi connectivity index (χ0n) is 13.6. The molecule has 146 valence electrons. The van der Waals surface area contributed by atoms with Crippen molar-refractivity contribution in [3.05, 3.63) is 12.7 Å². The van der Waals surface area contributed by atoms with Gasteiger partial charge in [0.15, 0.2) is 6.29 Å². The van der Waals surface area contributed by atoms with Gasteiger partial charge in [0.25, 0.3) is 0 Å². The van der Waals surface area contributed by atoms with Crippen molar-refractivity contribution in [3.8, 4) is 0 Å². The monoisotopic (exact) mass is 366 g/mol. The minimum atomic E-state index is -1.85. The molecule has 2 rings (SSSR count). The minimum absolute atomic E-state index is 0.343. The molecule has 0 bridgehead atoms. The molecular weight excluding hydrogens is 340 g/mol. The van der Waals surface area contributed by atoms with Crippen molar-refractivity contribution < 1.29 is 50.0 Å². The molecule has 10 nitrogen and oxygen atoms in total. The van der Waals surface area contributed by atoms with E-state index in [0.717, 1.165) is 0 Å². The summed E-state index contributed by atoms with van der Waals surface area (Å²) in [5.41, 5.74) is -1.85. The zero-order chi connectivity index (χ0) is 18.8. The van der Waals surface area contributed by atoms with Gasteiger partial charge in [-0.3, -0.25) is 0 Å². The van der Waals surface area contributed by atoms with Crippen LogP contribution in [-0.4, -0.2) is 110 Å². The Kier molecular flexibility index (Phi) is 6.90. The van der Waals surface area contributed by atoms with Gasteiger partial charge in [-0.05, 0) is 0 Å². The average Bonchev–Trinajstić information content (AvgIpc) is 2.61. The van der Waals surface area contributed by atoms with Gasteiger partial charge in [-0.1, -0.05) is 6.08 Å². The van der Waals surface area contributed by atoms with Gasteiger partial charge >= 0.3 is 0 Å². The highest BCUT2D eigenvalue weighted by Gasteiger charge is 2.51. The van der Waals surface area contributed by atoms with Crippen molar-refractivity contribution in [3.63, 3.8) is 0 Å². The summed E-state index contributed by atoms with van der Waals surface area (Å²) in [4.78, 5) is 0. The first-order valence-corrected chi connectivity index (χ1v) is 7.99. The van der Waals surface area contributed by atoms with Crippen LogP contribution in [0.1, 0.15) is 6.42 Å². The van der Waals surface area contributed by atoms with Crippen LogP contribution in [0.2, 0.25) is 0 Å². The van der Waals surface area contributed by atoms with Gasteiger partial charge in [0, 0.05) is 6.42 Å². The molecule has 25 heavy (non-hydrogen) atoms. The third-order valence-electron chi connectivity index (χ3n) is 4.64. The van der Waals surface area contributed by atoms with Crippen molar-refractivity contribution in [2.24, 2.45) is 0 Å². The first-order valence-electron chi connectivity index (χ1n) is 7.99. The average molecular weight is 366 g/mol. The maximum absolute atomic E-state index is 10.2. The van der Waals surface area contributed by atoms with Crippen molar-refractivity contribution in [2.45, 2.75) is 61.0 Å². The molecule has 2 aliphatic heterocycles. The third-order valence-corrected chi connectivity index (χ3v) is 4.64. The normalized spacial score (nSPS) is 48.3. The maximum atomic E-state index is 10.2. The molecule has 0 spiro atoms. The van der Waals surface area contributed by atoms with E-state index in [2.05, 4.69) is 6.58 Å². The van der Waals surface area contributed by atoms with Gasteiger partial charge in [0.1, 0.15) is 48.3 Å². The lowest BCUT2D eigenvalue weighted by Gasteiger charge is -2.47. The van der Waals surface area contributed by atoms with Crippen molar-refractivity contribution in [1.29, 1.82) is 0 Å². The second kappa shape index (κ2) is 8.35. The van der Waals surface area contributed by atoms with Crippen LogP contribution in [0.5, 0.6) is 0 Å². The highest BCUT2D eigenvalue weighted by molar-refractivity contribution is 5.00. The van der Waals surface area contributed by atoms with Crippen LogP contribution in [0.25, 0.3) is 0 Å². The molecule has 2 heterocycles. The van der Waals surface area contributed by atoms with Crippen molar-refractivity contribution in [2.75, 3.05) is 19.8 Å². The lowest BCUT2D eigenvalue weighted by atomic mass is 9.88. The molecule has 0 aliphatic carbocycles. The summed E-state index contributed by atoms with van der Waals surface area (Å²) >= 11 is 0. The first kappa shape index (κ1) is 20.6. The second-order valence-electron chi connectivity index (χ2n) is 6.35. The van der Waals surface area contributed by atoms with E-state index < -0.39 is 74.4 Å². The molecule has 10 heteroatoms. The molecule has 0 radical (unpaired) electrons. The molecule has 2 saturated heterocycles. The summed E-state index contributed by atoms with van der Waals surface area (Å²) < 4.78 is 16.2. The van der Waals surface area contributed by atoms with Crippen LogP contribution < -0.4 is 0 Å². The quantitative estimate of drug-likeness (QED) is 0.232. The minimum Gasteiger partial charge on any atom is -0.394 e. The van der Waals surface area contributed by atoms with E-state index in [0.29, 0.717) is 0 Å². The van der Waals surface area contributed by atoms with Crippen molar-refractivity contribution in [1.82, 2.24) is 0 Å². The Morgan fingerprint density at radius 1 is 1.08 bits per heavy atom. The van der Waals surface area contributed by atoms with Crippen molar-refractivity contribution >= 4 is 0 Å². The molecule has 0 aromatic carbocycles. The summed E-state index contributed by atoms with van der Waals surface area (Å²) in [6, 6.07) is 0. The molecule has 2 aliphatic rings. The number of rotatable bonds is 6. The summed E-state index contributed by atoms with van der Waals surface area (Å²) in [5, 5.41) is 68.6. The molecule has 2 fully saturated rings. The summed E-state index contributed by atoms with van der Waals surface area (Å²) in [6.07, 6.45) is -9.06. The first-order chi connectivity index (χ1) is 11.8. The van der Waals surface area contributed by atoms with Gasteiger partial charge in [0.2, 0.25) is 0 Å². The number of hydrogen-bond acceptors (Lipinski definition) is 10. The lowest BCUT2D eigenvalue weighted by molar-refractivity contribution is -0.339. The topological polar surface area (TPSA) is 169 Å². The number of hydrogen-bond donors (Lipinski definition) is 7. The maximum Gasteiger partial charge on any atom is 0.184 e. The smallest absolute Gasteiger partial charge is 0.184 e. The van der Waals surface area contributed by atoms with E-state index in [-0.39, 0.29) is 6.42 Å². The van der Waals surface area contributed by atoms with Crippen LogP contribution in [0.15, 0.2) is 12.7 Å². The Labute approximate surface area is 144 Å². The molecule has 0 aromatic heterocycles. The molecule has 0 saturated carbocycles. The summed E-state index contributed by atoms with van der Waals surface area (Å²) in [7, 11) is 0. The predicted molar refractivity (Wildman–Crippen MR) is 81.2 cm³/mol. The largest absolute Gasteiger partial charge is 0.394 e. The fourth-order valence-electron chi connectivity index (χ4n) is 3.10.